The lowest BCUT2D eigenvalue weighted by atomic mass is 9.89. The summed E-state index contributed by atoms with van der Waals surface area (Å²) in [5.41, 5.74) is 3.62. The Hall–Kier alpha value is -2.95. The van der Waals surface area contributed by atoms with Crippen LogP contribution in [0.5, 0.6) is 0 Å². The highest BCUT2D eigenvalue weighted by atomic mass is 16.5. The number of carbonyl (C=O) groups excluding carboxylic acids is 1. The van der Waals surface area contributed by atoms with Gasteiger partial charge < -0.3 is 4.74 Å². The van der Waals surface area contributed by atoms with Gasteiger partial charge in [-0.25, -0.2) is 5.01 Å². The lowest BCUT2D eigenvalue weighted by Gasteiger charge is -2.55. The van der Waals surface area contributed by atoms with Crippen LogP contribution in [0.15, 0.2) is 91.0 Å². The summed E-state index contributed by atoms with van der Waals surface area (Å²) in [5, 5.41) is 4.39. The molecule has 0 radical (unpaired) electrons. The van der Waals surface area contributed by atoms with Crippen molar-refractivity contribution in [3.63, 3.8) is 0 Å². The highest BCUT2D eigenvalue weighted by molar-refractivity contribution is 5.88. The third-order valence-electron chi connectivity index (χ3n) is 6.99. The van der Waals surface area contributed by atoms with Crippen LogP contribution in [0.1, 0.15) is 55.5 Å². The maximum Gasteiger partial charge on any atom is 0.268 e. The predicted molar refractivity (Wildman–Crippen MR) is 130 cm³/mol. The Kier molecular flexibility index (Phi) is 6.30. The molecule has 170 valence electrons. The summed E-state index contributed by atoms with van der Waals surface area (Å²) >= 11 is 0. The molecule has 0 saturated carbocycles. The lowest BCUT2D eigenvalue weighted by Crippen LogP contribution is -2.72. The number of amides is 1. The molecule has 2 aliphatic rings. The molecular formula is C29H32N2O2. The van der Waals surface area contributed by atoms with Crippen molar-refractivity contribution < 1.29 is 9.53 Å². The van der Waals surface area contributed by atoms with Gasteiger partial charge in [-0.05, 0) is 35.4 Å². The molecule has 0 aliphatic carbocycles. The number of hydrazine groups is 1. The van der Waals surface area contributed by atoms with Crippen molar-refractivity contribution in [2.45, 2.75) is 57.5 Å². The summed E-state index contributed by atoms with van der Waals surface area (Å²) < 4.78 is 6.20. The molecule has 3 aromatic carbocycles. The first-order valence-corrected chi connectivity index (χ1v) is 12.0. The number of β-lactam (4-membered cyclic amide) rings is 1. The number of carbonyl (C=O) groups is 1. The molecule has 0 unspecified atom stereocenters. The molecule has 4 heteroatoms. The van der Waals surface area contributed by atoms with E-state index in [1.807, 2.05) is 35.3 Å². The highest BCUT2D eigenvalue weighted by Gasteiger charge is 2.56. The summed E-state index contributed by atoms with van der Waals surface area (Å²) in [6.07, 6.45) is 1.64. The van der Waals surface area contributed by atoms with Gasteiger partial charge in [0, 0.05) is 0 Å². The summed E-state index contributed by atoms with van der Waals surface area (Å²) in [4.78, 5) is 13.6. The number of nitrogens with zero attached hydrogens (tertiary/aromatic N) is 2. The largest absolute Gasteiger partial charge is 0.361 e. The predicted octanol–water partition coefficient (Wildman–Crippen LogP) is 5.93. The number of rotatable bonds is 7. The smallest absolute Gasteiger partial charge is 0.268 e. The number of hydrogen-bond donors (Lipinski definition) is 0. The van der Waals surface area contributed by atoms with Crippen LogP contribution >= 0.6 is 0 Å². The average molecular weight is 441 g/mol. The number of ether oxygens (including phenoxy) is 1. The quantitative estimate of drug-likeness (QED) is 0.427. The van der Waals surface area contributed by atoms with Crippen molar-refractivity contribution in [3.8, 4) is 0 Å². The molecular weight excluding hydrogens is 408 g/mol. The summed E-state index contributed by atoms with van der Waals surface area (Å²) in [6, 6.07) is 31.7. The van der Waals surface area contributed by atoms with Crippen molar-refractivity contribution in [1.82, 2.24) is 10.0 Å². The maximum absolute atomic E-state index is 13.6. The second-order valence-electron chi connectivity index (χ2n) is 9.44. The second-order valence-corrected chi connectivity index (χ2v) is 9.44. The Morgan fingerprint density at radius 3 is 1.76 bits per heavy atom. The minimum atomic E-state index is -0.404. The molecule has 4 nitrogen and oxygen atoms in total. The van der Waals surface area contributed by atoms with E-state index in [9.17, 15) is 4.79 Å². The van der Waals surface area contributed by atoms with E-state index >= 15 is 0 Å². The average Bonchev–Trinajstić information content (AvgIpc) is 3.28. The molecule has 0 aromatic heterocycles. The molecule has 0 spiro atoms. The Morgan fingerprint density at radius 2 is 1.27 bits per heavy atom. The van der Waals surface area contributed by atoms with E-state index in [-0.39, 0.29) is 30.0 Å². The van der Waals surface area contributed by atoms with Gasteiger partial charge in [-0.15, -0.1) is 0 Å². The van der Waals surface area contributed by atoms with E-state index in [0.29, 0.717) is 6.61 Å². The molecule has 3 aromatic rings. The molecule has 1 amide bonds. The summed E-state index contributed by atoms with van der Waals surface area (Å²) in [6.45, 7) is 4.83. The first kappa shape index (κ1) is 21.9. The zero-order valence-corrected chi connectivity index (χ0v) is 19.4. The van der Waals surface area contributed by atoms with Crippen LogP contribution in [0, 0.1) is 5.92 Å². The van der Waals surface area contributed by atoms with Crippen LogP contribution in [-0.2, 0) is 16.1 Å². The second kappa shape index (κ2) is 9.50. The van der Waals surface area contributed by atoms with Crippen molar-refractivity contribution >= 4 is 5.91 Å². The van der Waals surface area contributed by atoms with E-state index < -0.39 is 6.10 Å². The Bertz CT molecular complexity index is 1010. The topological polar surface area (TPSA) is 32.8 Å². The standard InChI is InChI=1S/C29H32N2O2/c1-21(2)27-28(33-20-22-12-6-3-7-13-22)29(32)31(27)30-25(23-14-8-4-9-15-23)18-19-26(30)24-16-10-5-11-17-24/h3-17,21,25-28H,18-20H2,1-2H3/t25-,26-,27-,28-/m0/s1. The van der Waals surface area contributed by atoms with Gasteiger partial charge in [0.05, 0.1) is 24.7 Å². The van der Waals surface area contributed by atoms with E-state index in [1.165, 1.54) is 11.1 Å². The van der Waals surface area contributed by atoms with Crippen molar-refractivity contribution in [3.05, 3.63) is 108 Å². The molecule has 5 rings (SSSR count). The van der Waals surface area contributed by atoms with Crippen LogP contribution in [-0.4, -0.2) is 28.1 Å². The van der Waals surface area contributed by atoms with Crippen molar-refractivity contribution in [2.75, 3.05) is 0 Å². The van der Waals surface area contributed by atoms with E-state index in [4.69, 9.17) is 4.74 Å². The van der Waals surface area contributed by atoms with Gasteiger partial charge >= 0.3 is 0 Å². The van der Waals surface area contributed by atoms with Crippen molar-refractivity contribution in [1.29, 1.82) is 0 Å². The van der Waals surface area contributed by atoms with E-state index in [0.717, 1.165) is 18.4 Å². The number of hydrogen-bond acceptors (Lipinski definition) is 3. The monoisotopic (exact) mass is 440 g/mol. The highest BCUT2D eigenvalue weighted by Crippen LogP contribution is 2.48. The van der Waals surface area contributed by atoms with Crippen LogP contribution in [0.3, 0.4) is 0 Å². The minimum Gasteiger partial charge on any atom is -0.361 e. The number of benzene rings is 3. The maximum atomic E-state index is 13.6. The molecule has 33 heavy (non-hydrogen) atoms. The van der Waals surface area contributed by atoms with Gasteiger partial charge in [-0.2, -0.15) is 0 Å². The Labute approximate surface area is 196 Å². The summed E-state index contributed by atoms with van der Waals surface area (Å²) in [5.74, 6) is 0.366. The molecule has 0 N–H and O–H groups in total. The minimum absolute atomic E-state index is 0.0248. The molecule has 0 bridgehead atoms. The van der Waals surface area contributed by atoms with Crippen LogP contribution in [0.25, 0.3) is 0 Å². The van der Waals surface area contributed by atoms with Crippen LogP contribution in [0.2, 0.25) is 0 Å². The summed E-state index contributed by atoms with van der Waals surface area (Å²) in [7, 11) is 0. The molecule has 2 aliphatic heterocycles. The molecule has 2 fully saturated rings. The SMILES string of the molecule is CC(C)[C@H]1[C@H](OCc2ccccc2)C(=O)N1N1[C@H](c2ccccc2)CC[C@H]1c1ccccc1. The third kappa shape index (κ3) is 4.21. The van der Waals surface area contributed by atoms with Crippen LogP contribution < -0.4 is 0 Å². The fourth-order valence-electron chi connectivity index (χ4n) is 5.39. The zero-order chi connectivity index (χ0) is 22.8. The molecule has 4 atom stereocenters. The fourth-order valence-corrected chi connectivity index (χ4v) is 5.39. The molecule has 2 heterocycles. The fraction of sp³-hybridized carbons (Fsp3) is 0.345. The Balaban J connectivity index is 1.44. The van der Waals surface area contributed by atoms with E-state index in [2.05, 4.69) is 79.5 Å². The lowest BCUT2D eigenvalue weighted by molar-refractivity contribution is -0.229. The van der Waals surface area contributed by atoms with E-state index in [1.54, 1.807) is 0 Å². The normalized spacial score (nSPS) is 25.4. The van der Waals surface area contributed by atoms with Crippen molar-refractivity contribution in [2.24, 2.45) is 5.92 Å². The van der Waals surface area contributed by atoms with Crippen LogP contribution in [0.4, 0.5) is 0 Å². The van der Waals surface area contributed by atoms with Gasteiger partial charge in [0.15, 0.2) is 6.10 Å². The zero-order valence-electron chi connectivity index (χ0n) is 19.4. The van der Waals surface area contributed by atoms with Gasteiger partial charge in [0.1, 0.15) is 0 Å². The van der Waals surface area contributed by atoms with Gasteiger partial charge in [0.2, 0.25) is 0 Å². The Morgan fingerprint density at radius 1 is 0.788 bits per heavy atom. The first-order valence-electron chi connectivity index (χ1n) is 12.0. The van der Waals surface area contributed by atoms with Gasteiger partial charge in [0.25, 0.3) is 5.91 Å². The van der Waals surface area contributed by atoms with Gasteiger partial charge in [-0.1, -0.05) is 105 Å². The first-order chi connectivity index (χ1) is 16.1. The molecule has 2 saturated heterocycles. The van der Waals surface area contributed by atoms with Gasteiger partial charge in [-0.3, -0.25) is 9.80 Å². The third-order valence-corrected chi connectivity index (χ3v) is 6.99.